The number of aromatic carboxylic acids is 1. The molecule has 0 aliphatic carbocycles. The van der Waals surface area contributed by atoms with Gasteiger partial charge >= 0.3 is 11.9 Å². The molecule has 0 radical (unpaired) electrons. The Hall–Kier alpha value is -2.66. The highest BCUT2D eigenvalue weighted by molar-refractivity contribution is 5.88. The molecule has 5 nitrogen and oxygen atoms in total. The fourth-order valence-electron chi connectivity index (χ4n) is 1.83. The van der Waals surface area contributed by atoms with Gasteiger partial charge in [-0.15, -0.1) is 0 Å². The van der Waals surface area contributed by atoms with Gasteiger partial charge in [0.2, 0.25) is 0 Å². The lowest BCUT2D eigenvalue weighted by molar-refractivity contribution is -0.138. The van der Waals surface area contributed by atoms with Crippen LogP contribution >= 0.6 is 0 Å². The lowest BCUT2D eigenvalue weighted by atomic mass is 10.0. The average molecular weight is 271 g/mol. The monoisotopic (exact) mass is 271 g/mol. The highest BCUT2D eigenvalue weighted by Crippen LogP contribution is 2.22. The molecule has 20 heavy (non-hydrogen) atoms. The van der Waals surface area contributed by atoms with Crippen LogP contribution in [0.5, 0.6) is 0 Å². The van der Waals surface area contributed by atoms with Crippen LogP contribution in [0, 0.1) is 0 Å². The fraction of sp³-hybridized carbons (Fsp3) is 0.0667. The molecule has 4 N–H and O–H groups in total. The SMILES string of the molecule is N[C@@H](C(=O)O)c1ccc(-c2ccc(C(=O)O)cc2)cc1. The molecule has 0 heterocycles. The van der Waals surface area contributed by atoms with Crippen molar-refractivity contribution in [2.75, 3.05) is 0 Å². The van der Waals surface area contributed by atoms with Crippen molar-refractivity contribution in [3.8, 4) is 11.1 Å². The summed E-state index contributed by atoms with van der Waals surface area (Å²) >= 11 is 0. The van der Waals surface area contributed by atoms with Gasteiger partial charge in [0.05, 0.1) is 5.56 Å². The Morgan fingerprint density at radius 2 is 1.30 bits per heavy atom. The Morgan fingerprint density at radius 1 is 0.850 bits per heavy atom. The zero-order valence-corrected chi connectivity index (χ0v) is 10.5. The van der Waals surface area contributed by atoms with Gasteiger partial charge < -0.3 is 15.9 Å². The van der Waals surface area contributed by atoms with E-state index in [-0.39, 0.29) is 5.56 Å². The molecule has 0 saturated carbocycles. The minimum absolute atomic E-state index is 0.221. The molecule has 102 valence electrons. The summed E-state index contributed by atoms with van der Waals surface area (Å²) in [7, 11) is 0. The molecule has 5 heteroatoms. The van der Waals surface area contributed by atoms with Crippen LogP contribution in [-0.4, -0.2) is 22.2 Å². The lowest BCUT2D eigenvalue weighted by Crippen LogP contribution is -2.20. The van der Waals surface area contributed by atoms with Crippen LogP contribution in [0.15, 0.2) is 48.5 Å². The van der Waals surface area contributed by atoms with E-state index in [0.29, 0.717) is 5.56 Å². The van der Waals surface area contributed by atoms with E-state index in [9.17, 15) is 9.59 Å². The second-order valence-corrected chi connectivity index (χ2v) is 4.32. The Morgan fingerprint density at radius 3 is 1.70 bits per heavy atom. The normalized spacial score (nSPS) is 11.8. The molecule has 0 aromatic heterocycles. The number of rotatable bonds is 4. The van der Waals surface area contributed by atoms with Crippen molar-refractivity contribution in [3.63, 3.8) is 0 Å². The first kappa shape index (κ1) is 13.8. The van der Waals surface area contributed by atoms with Gasteiger partial charge in [0.25, 0.3) is 0 Å². The smallest absolute Gasteiger partial charge is 0.335 e. The van der Waals surface area contributed by atoms with Crippen LogP contribution < -0.4 is 5.73 Å². The molecule has 0 aliphatic rings. The van der Waals surface area contributed by atoms with Crippen molar-refractivity contribution in [2.24, 2.45) is 5.73 Å². The van der Waals surface area contributed by atoms with E-state index in [1.807, 2.05) is 0 Å². The predicted molar refractivity (Wildman–Crippen MR) is 73.4 cm³/mol. The molecule has 1 atom stereocenters. The van der Waals surface area contributed by atoms with Crippen LogP contribution in [-0.2, 0) is 4.79 Å². The van der Waals surface area contributed by atoms with Crippen LogP contribution in [0.4, 0.5) is 0 Å². The molecule has 2 aromatic rings. The van der Waals surface area contributed by atoms with E-state index in [1.165, 1.54) is 12.1 Å². The van der Waals surface area contributed by atoms with Crippen molar-refractivity contribution < 1.29 is 19.8 Å². The summed E-state index contributed by atoms with van der Waals surface area (Å²) < 4.78 is 0. The van der Waals surface area contributed by atoms with Gasteiger partial charge in [-0.3, -0.25) is 4.79 Å². The van der Waals surface area contributed by atoms with E-state index in [1.54, 1.807) is 36.4 Å². The third-order valence-corrected chi connectivity index (χ3v) is 3.00. The van der Waals surface area contributed by atoms with Crippen LogP contribution in [0.2, 0.25) is 0 Å². The summed E-state index contributed by atoms with van der Waals surface area (Å²) in [6, 6.07) is 12.2. The molecular formula is C15H13NO4. The summed E-state index contributed by atoms with van der Waals surface area (Å²) in [5, 5.41) is 17.6. The van der Waals surface area contributed by atoms with Gasteiger partial charge in [0, 0.05) is 0 Å². The van der Waals surface area contributed by atoms with Crippen LogP contribution in [0.25, 0.3) is 11.1 Å². The van der Waals surface area contributed by atoms with E-state index in [2.05, 4.69) is 0 Å². The number of benzene rings is 2. The van der Waals surface area contributed by atoms with Gasteiger partial charge in [0.15, 0.2) is 0 Å². The predicted octanol–water partition coefficient (Wildman–Crippen LogP) is 2.14. The fourth-order valence-corrected chi connectivity index (χ4v) is 1.83. The third kappa shape index (κ3) is 2.84. The second-order valence-electron chi connectivity index (χ2n) is 4.32. The first-order valence-corrected chi connectivity index (χ1v) is 5.91. The molecule has 0 amide bonds. The highest BCUT2D eigenvalue weighted by Gasteiger charge is 2.13. The lowest BCUT2D eigenvalue weighted by Gasteiger charge is -2.08. The molecule has 0 fully saturated rings. The third-order valence-electron chi connectivity index (χ3n) is 3.00. The maximum atomic E-state index is 10.8. The standard InChI is InChI=1S/C15H13NO4/c16-13(15(19)20)11-5-1-9(2-6-11)10-3-7-12(8-4-10)14(17)18/h1-8,13H,16H2,(H,17,18)(H,19,20)/t13-/m1/s1. The van der Waals surface area contributed by atoms with E-state index in [0.717, 1.165) is 11.1 Å². The minimum atomic E-state index is -1.08. The van der Waals surface area contributed by atoms with Gasteiger partial charge in [0.1, 0.15) is 6.04 Å². The van der Waals surface area contributed by atoms with Crippen LogP contribution in [0.3, 0.4) is 0 Å². The van der Waals surface area contributed by atoms with Crippen molar-refractivity contribution >= 4 is 11.9 Å². The van der Waals surface area contributed by atoms with Crippen molar-refractivity contribution in [2.45, 2.75) is 6.04 Å². The number of aliphatic carboxylic acids is 1. The molecule has 0 saturated heterocycles. The summed E-state index contributed by atoms with van der Waals surface area (Å²) in [6.07, 6.45) is 0. The topological polar surface area (TPSA) is 101 Å². The average Bonchev–Trinajstić information content (AvgIpc) is 2.46. The molecule has 0 bridgehead atoms. The van der Waals surface area contributed by atoms with E-state index >= 15 is 0 Å². The maximum absolute atomic E-state index is 10.8. The van der Waals surface area contributed by atoms with E-state index in [4.69, 9.17) is 15.9 Å². The molecule has 2 rings (SSSR count). The first-order valence-electron chi connectivity index (χ1n) is 5.91. The van der Waals surface area contributed by atoms with Gasteiger partial charge in [-0.05, 0) is 28.8 Å². The first-order chi connectivity index (χ1) is 9.49. The maximum Gasteiger partial charge on any atom is 0.335 e. The van der Waals surface area contributed by atoms with Gasteiger partial charge in [-0.2, -0.15) is 0 Å². The summed E-state index contributed by atoms with van der Waals surface area (Å²) in [4.78, 5) is 21.5. The largest absolute Gasteiger partial charge is 0.480 e. The summed E-state index contributed by atoms with van der Waals surface area (Å²) in [6.45, 7) is 0. The number of carboxylic acid groups (broad SMARTS) is 2. The Kier molecular flexibility index (Phi) is 3.81. The number of hydrogen-bond donors (Lipinski definition) is 3. The van der Waals surface area contributed by atoms with Crippen molar-refractivity contribution in [1.82, 2.24) is 0 Å². The Balaban J connectivity index is 2.25. The summed E-state index contributed by atoms with van der Waals surface area (Å²) in [5.41, 5.74) is 7.97. The number of carbonyl (C=O) groups is 2. The zero-order valence-electron chi connectivity index (χ0n) is 10.5. The zero-order chi connectivity index (χ0) is 14.7. The quantitative estimate of drug-likeness (QED) is 0.790. The minimum Gasteiger partial charge on any atom is -0.480 e. The number of hydrogen-bond acceptors (Lipinski definition) is 3. The van der Waals surface area contributed by atoms with Crippen molar-refractivity contribution in [3.05, 3.63) is 59.7 Å². The molecule has 2 aromatic carbocycles. The molecular weight excluding hydrogens is 258 g/mol. The molecule has 0 spiro atoms. The second kappa shape index (κ2) is 5.54. The Labute approximate surface area is 115 Å². The summed E-state index contributed by atoms with van der Waals surface area (Å²) in [5.74, 6) is -2.05. The van der Waals surface area contributed by atoms with Crippen molar-refractivity contribution in [1.29, 1.82) is 0 Å². The number of nitrogens with two attached hydrogens (primary N) is 1. The van der Waals surface area contributed by atoms with Gasteiger partial charge in [-0.25, -0.2) is 4.79 Å². The highest BCUT2D eigenvalue weighted by atomic mass is 16.4. The van der Waals surface area contributed by atoms with Gasteiger partial charge in [-0.1, -0.05) is 36.4 Å². The number of carboxylic acids is 2. The Bertz CT molecular complexity index is 632. The molecule has 0 unspecified atom stereocenters. The van der Waals surface area contributed by atoms with Crippen LogP contribution in [0.1, 0.15) is 22.0 Å². The molecule has 0 aliphatic heterocycles. The van der Waals surface area contributed by atoms with E-state index < -0.39 is 18.0 Å².